The molecule has 1 aromatic carbocycles. The van der Waals surface area contributed by atoms with Crippen molar-refractivity contribution in [2.45, 2.75) is 0 Å². The van der Waals surface area contributed by atoms with Crippen molar-refractivity contribution < 1.29 is 23.1 Å². The second-order valence-corrected chi connectivity index (χ2v) is 4.80. The summed E-state index contributed by atoms with van der Waals surface area (Å²) in [5.74, 6) is -2.27. The summed E-state index contributed by atoms with van der Waals surface area (Å²) in [5.41, 5.74) is 0.270. The normalized spacial score (nSPS) is 14.6. The third kappa shape index (κ3) is 3.70. The van der Waals surface area contributed by atoms with Gasteiger partial charge >= 0.3 is 6.03 Å². The second-order valence-electron chi connectivity index (χ2n) is 4.80. The molecule has 1 N–H and O–H groups in total. The minimum Gasteiger partial charge on any atom is -0.383 e. The molecule has 1 aliphatic heterocycles. The minimum atomic E-state index is -1.01. The standard InChI is InChI=1S/C14H17F2N3O3/c1-22-7-4-17-13(20)9-18-5-6-19(14(18)21)10-2-3-11(15)12(16)8-10/h2-3,8H,4-7,9H2,1H3,(H,17,20). The molecule has 1 heterocycles. The first kappa shape index (κ1) is 16.2. The van der Waals surface area contributed by atoms with Crippen LogP contribution in [-0.4, -0.2) is 56.7 Å². The Hall–Kier alpha value is -2.22. The van der Waals surface area contributed by atoms with E-state index in [2.05, 4.69) is 5.32 Å². The summed E-state index contributed by atoms with van der Waals surface area (Å²) >= 11 is 0. The number of carbonyl (C=O) groups is 2. The Kier molecular flexibility index (Phi) is 5.26. The van der Waals surface area contributed by atoms with E-state index < -0.39 is 17.7 Å². The van der Waals surface area contributed by atoms with Crippen LogP contribution in [0.15, 0.2) is 18.2 Å². The van der Waals surface area contributed by atoms with E-state index in [0.717, 1.165) is 12.1 Å². The van der Waals surface area contributed by atoms with E-state index >= 15 is 0 Å². The summed E-state index contributed by atoms with van der Waals surface area (Å²) in [5, 5.41) is 2.62. The topological polar surface area (TPSA) is 61.9 Å². The maximum Gasteiger partial charge on any atom is 0.325 e. The Morgan fingerprint density at radius 3 is 2.77 bits per heavy atom. The van der Waals surface area contributed by atoms with Crippen LogP contribution in [-0.2, 0) is 9.53 Å². The number of anilines is 1. The molecule has 8 heteroatoms. The monoisotopic (exact) mass is 313 g/mol. The SMILES string of the molecule is COCCNC(=O)CN1CCN(c2ccc(F)c(F)c2)C1=O. The molecule has 0 aromatic heterocycles. The number of ether oxygens (including phenoxy) is 1. The molecule has 1 saturated heterocycles. The van der Waals surface area contributed by atoms with Crippen LogP contribution in [0, 0.1) is 11.6 Å². The van der Waals surface area contributed by atoms with Gasteiger partial charge in [-0.15, -0.1) is 0 Å². The number of halogens is 2. The van der Waals surface area contributed by atoms with Crippen molar-refractivity contribution in [3.8, 4) is 0 Å². The molecular formula is C14H17F2N3O3. The van der Waals surface area contributed by atoms with E-state index in [0.29, 0.717) is 26.2 Å². The smallest absolute Gasteiger partial charge is 0.325 e. The van der Waals surface area contributed by atoms with Crippen molar-refractivity contribution in [3.05, 3.63) is 29.8 Å². The van der Waals surface area contributed by atoms with Crippen molar-refractivity contribution in [1.82, 2.24) is 10.2 Å². The lowest BCUT2D eigenvalue weighted by Crippen LogP contribution is -2.40. The Morgan fingerprint density at radius 1 is 1.32 bits per heavy atom. The highest BCUT2D eigenvalue weighted by atomic mass is 19.2. The number of methoxy groups -OCH3 is 1. The molecule has 0 atom stereocenters. The van der Waals surface area contributed by atoms with Gasteiger partial charge in [-0.1, -0.05) is 0 Å². The summed E-state index contributed by atoms with van der Waals surface area (Å²) in [4.78, 5) is 26.5. The summed E-state index contributed by atoms with van der Waals surface area (Å²) in [7, 11) is 1.52. The number of nitrogens with one attached hydrogen (secondary N) is 1. The van der Waals surface area contributed by atoms with Crippen LogP contribution in [0.5, 0.6) is 0 Å². The number of hydrogen-bond acceptors (Lipinski definition) is 3. The third-order valence-electron chi connectivity index (χ3n) is 3.27. The fourth-order valence-corrected chi connectivity index (χ4v) is 2.14. The van der Waals surface area contributed by atoms with Gasteiger partial charge in [-0.2, -0.15) is 0 Å². The molecule has 0 spiro atoms. The molecule has 6 nitrogen and oxygen atoms in total. The van der Waals surface area contributed by atoms with E-state index in [1.165, 1.54) is 23.0 Å². The fourth-order valence-electron chi connectivity index (χ4n) is 2.14. The highest BCUT2D eigenvalue weighted by molar-refractivity contribution is 5.96. The fraction of sp³-hybridized carbons (Fsp3) is 0.429. The van der Waals surface area contributed by atoms with Gasteiger partial charge in [-0.3, -0.25) is 9.69 Å². The Labute approximate surface area is 126 Å². The molecular weight excluding hydrogens is 296 g/mol. The molecule has 2 rings (SSSR count). The number of hydrogen-bond donors (Lipinski definition) is 1. The zero-order valence-electron chi connectivity index (χ0n) is 12.1. The van der Waals surface area contributed by atoms with Crippen molar-refractivity contribution in [2.75, 3.05) is 44.8 Å². The van der Waals surface area contributed by atoms with Gasteiger partial charge in [0.15, 0.2) is 11.6 Å². The van der Waals surface area contributed by atoms with Crippen LogP contribution in [0.3, 0.4) is 0 Å². The molecule has 22 heavy (non-hydrogen) atoms. The maximum atomic E-state index is 13.2. The molecule has 0 unspecified atom stereocenters. The summed E-state index contributed by atoms with van der Waals surface area (Å²) in [6, 6.07) is 2.86. The van der Waals surface area contributed by atoms with Crippen LogP contribution in [0.1, 0.15) is 0 Å². The second kappa shape index (κ2) is 7.17. The van der Waals surface area contributed by atoms with Crippen molar-refractivity contribution in [3.63, 3.8) is 0 Å². The number of rotatable bonds is 6. The van der Waals surface area contributed by atoms with Crippen molar-refractivity contribution in [2.24, 2.45) is 0 Å². The summed E-state index contributed by atoms with van der Waals surface area (Å²) in [6.07, 6.45) is 0. The van der Waals surface area contributed by atoms with E-state index in [1.54, 1.807) is 0 Å². The molecule has 1 fully saturated rings. The lowest BCUT2D eigenvalue weighted by atomic mass is 10.3. The molecule has 120 valence electrons. The molecule has 0 saturated carbocycles. The largest absolute Gasteiger partial charge is 0.383 e. The quantitative estimate of drug-likeness (QED) is 0.796. The average Bonchev–Trinajstić information content (AvgIpc) is 2.84. The lowest BCUT2D eigenvalue weighted by molar-refractivity contribution is -0.121. The highest BCUT2D eigenvalue weighted by Gasteiger charge is 2.31. The molecule has 0 bridgehead atoms. The average molecular weight is 313 g/mol. The Morgan fingerprint density at radius 2 is 2.09 bits per heavy atom. The van der Waals surface area contributed by atoms with Crippen LogP contribution in [0.4, 0.5) is 19.3 Å². The number of nitrogens with zero attached hydrogens (tertiary/aromatic N) is 2. The van der Waals surface area contributed by atoms with Crippen LogP contribution in [0.25, 0.3) is 0 Å². The zero-order valence-corrected chi connectivity index (χ0v) is 12.1. The van der Waals surface area contributed by atoms with E-state index in [1.807, 2.05) is 0 Å². The first-order valence-corrected chi connectivity index (χ1v) is 6.80. The van der Waals surface area contributed by atoms with Gasteiger partial charge in [0.2, 0.25) is 5.91 Å². The molecule has 1 aliphatic rings. The summed E-state index contributed by atoms with van der Waals surface area (Å²) < 4.78 is 31.0. The van der Waals surface area contributed by atoms with Crippen LogP contribution >= 0.6 is 0 Å². The van der Waals surface area contributed by atoms with Gasteiger partial charge in [0.1, 0.15) is 6.54 Å². The number of carbonyl (C=O) groups excluding carboxylic acids is 2. The number of benzene rings is 1. The first-order chi connectivity index (χ1) is 10.5. The molecule has 0 radical (unpaired) electrons. The summed E-state index contributed by atoms with van der Waals surface area (Å²) in [6.45, 7) is 1.33. The van der Waals surface area contributed by atoms with E-state index in [4.69, 9.17) is 4.74 Å². The Balaban J connectivity index is 1.94. The number of amides is 3. The van der Waals surface area contributed by atoms with Crippen molar-refractivity contribution >= 4 is 17.6 Å². The van der Waals surface area contributed by atoms with Crippen molar-refractivity contribution in [1.29, 1.82) is 0 Å². The first-order valence-electron chi connectivity index (χ1n) is 6.80. The van der Waals surface area contributed by atoms with Crippen LogP contribution in [0.2, 0.25) is 0 Å². The zero-order chi connectivity index (χ0) is 16.1. The minimum absolute atomic E-state index is 0.0806. The highest BCUT2D eigenvalue weighted by Crippen LogP contribution is 2.22. The van der Waals surface area contributed by atoms with Gasteiger partial charge in [0.05, 0.1) is 6.61 Å². The van der Waals surface area contributed by atoms with Gasteiger partial charge in [0, 0.05) is 38.5 Å². The number of urea groups is 1. The van der Waals surface area contributed by atoms with Crippen LogP contribution < -0.4 is 10.2 Å². The van der Waals surface area contributed by atoms with Gasteiger partial charge in [-0.25, -0.2) is 13.6 Å². The van der Waals surface area contributed by atoms with Gasteiger partial charge in [-0.05, 0) is 12.1 Å². The van der Waals surface area contributed by atoms with Gasteiger partial charge < -0.3 is 15.0 Å². The predicted octanol–water partition coefficient (Wildman–Crippen LogP) is 0.969. The predicted molar refractivity (Wildman–Crippen MR) is 75.6 cm³/mol. The Bertz CT molecular complexity index is 568. The molecule has 1 aromatic rings. The lowest BCUT2D eigenvalue weighted by Gasteiger charge is -2.18. The van der Waals surface area contributed by atoms with E-state index in [9.17, 15) is 18.4 Å². The van der Waals surface area contributed by atoms with Gasteiger partial charge in [0.25, 0.3) is 0 Å². The molecule has 3 amide bonds. The van der Waals surface area contributed by atoms with E-state index in [-0.39, 0.29) is 18.1 Å². The maximum absolute atomic E-state index is 13.2. The molecule has 0 aliphatic carbocycles. The third-order valence-corrected chi connectivity index (χ3v) is 3.27.